The fourth-order valence-corrected chi connectivity index (χ4v) is 2.40. The minimum atomic E-state index is -0.251. The van der Waals surface area contributed by atoms with E-state index in [1.807, 2.05) is 0 Å². The first-order valence-electron chi connectivity index (χ1n) is 6.26. The average Bonchev–Trinajstić information content (AvgIpc) is 2.57. The van der Waals surface area contributed by atoms with Crippen molar-refractivity contribution in [3.8, 4) is 0 Å². The first-order valence-corrected chi connectivity index (χ1v) is 6.26. The van der Waals surface area contributed by atoms with Gasteiger partial charge >= 0.3 is 0 Å². The molecule has 1 aliphatic rings. The summed E-state index contributed by atoms with van der Waals surface area (Å²) in [7, 11) is 2.11. The van der Waals surface area contributed by atoms with Gasteiger partial charge in [-0.2, -0.15) is 0 Å². The van der Waals surface area contributed by atoms with Crippen molar-refractivity contribution in [2.75, 3.05) is 20.1 Å². The Morgan fingerprint density at radius 3 is 3.12 bits per heavy atom. The van der Waals surface area contributed by atoms with Crippen molar-refractivity contribution in [1.29, 1.82) is 0 Å². The van der Waals surface area contributed by atoms with E-state index in [1.165, 1.54) is 25.5 Å². The molecule has 3 nitrogen and oxygen atoms in total. The highest BCUT2D eigenvalue weighted by Crippen LogP contribution is 2.14. The Bertz CT molecular complexity index is 348. The molecule has 0 bridgehead atoms. The summed E-state index contributed by atoms with van der Waals surface area (Å²) in [6, 6.07) is 2.16. The summed E-state index contributed by atoms with van der Waals surface area (Å²) >= 11 is 0. The van der Waals surface area contributed by atoms with Gasteiger partial charge < -0.3 is 5.32 Å². The monoisotopic (exact) mass is 237 g/mol. The zero-order chi connectivity index (χ0) is 12.1. The lowest BCUT2D eigenvalue weighted by molar-refractivity contribution is 0.216. The lowest BCUT2D eigenvalue weighted by atomic mass is 10.1. The summed E-state index contributed by atoms with van der Waals surface area (Å²) in [5.41, 5.74) is 0.949. The van der Waals surface area contributed by atoms with Gasteiger partial charge in [0, 0.05) is 18.8 Å². The smallest absolute Gasteiger partial charge is 0.141 e. The van der Waals surface area contributed by atoms with Gasteiger partial charge in [-0.25, -0.2) is 4.39 Å². The lowest BCUT2D eigenvalue weighted by Crippen LogP contribution is -2.32. The first-order chi connectivity index (χ1) is 8.25. The summed E-state index contributed by atoms with van der Waals surface area (Å²) in [5, 5.41) is 3.41. The highest BCUT2D eigenvalue weighted by Gasteiger charge is 2.16. The number of rotatable bonds is 3. The Balaban J connectivity index is 1.93. The summed E-state index contributed by atoms with van der Waals surface area (Å²) in [5.74, 6) is -0.251. The van der Waals surface area contributed by atoms with E-state index < -0.39 is 0 Å². The Morgan fingerprint density at radius 2 is 2.29 bits per heavy atom. The molecule has 0 radical (unpaired) electrons. The molecule has 1 unspecified atom stereocenters. The summed E-state index contributed by atoms with van der Waals surface area (Å²) < 4.78 is 13.0. The van der Waals surface area contributed by atoms with Crippen LogP contribution in [0.3, 0.4) is 0 Å². The van der Waals surface area contributed by atoms with E-state index in [9.17, 15) is 4.39 Å². The standard InChI is InChI=1S/C13H20FN3/c1-17(13-3-2-5-15-6-4-13)10-11-7-12(14)9-16-8-11/h7-9,13,15H,2-6,10H2,1H3. The molecule has 2 heterocycles. The van der Waals surface area contributed by atoms with Gasteiger partial charge in [0.05, 0.1) is 6.20 Å². The van der Waals surface area contributed by atoms with Crippen molar-refractivity contribution < 1.29 is 4.39 Å². The Morgan fingerprint density at radius 1 is 1.41 bits per heavy atom. The van der Waals surface area contributed by atoms with Gasteiger partial charge in [-0.05, 0) is 51.0 Å². The predicted molar refractivity (Wildman–Crippen MR) is 66.2 cm³/mol. The maximum Gasteiger partial charge on any atom is 0.141 e. The van der Waals surface area contributed by atoms with Gasteiger partial charge in [0.1, 0.15) is 5.82 Å². The van der Waals surface area contributed by atoms with Gasteiger partial charge in [-0.1, -0.05) is 0 Å². The van der Waals surface area contributed by atoms with Crippen molar-refractivity contribution >= 4 is 0 Å². The minimum Gasteiger partial charge on any atom is -0.317 e. The number of nitrogens with zero attached hydrogens (tertiary/aromatic N) is 2. The molecule has 0 spiro atoms. The molecule has 17 heavy (non-hydrogen) atoms. The van der Waals surface area contributed by atoms with Crippen molar-refractivity contribution in [1.82, 2.24) is 15.2 Å². The molecule has 2 rings (SSSR count). The van der Waals surface area contributed by atoms with E-state index in [2.05, 4.69) is 22.2 Å². The number of hydrogen-bond donors (Lipinski definition) is 1. The first kappa shape index (κ1) is 12.5. The van der Waals surface area contributed by atoms with E-state index in [4.69, 9.17) is 0 Å². The van der Waals surface area contributed by atoms with Crippen molar-refractivity contribution in [3.05, 3.63) is 29.8 Å². The molecule has 1 aromatic rings. The molecule has 1 atom stereocenters. The van der Waals surface area contributed by atoms with Gasteiger partial charge in [-0.15, -0.1) is 0 Å². The summed E-state index contributed by atoms with van der Waals surface area (Å²) in [6.45, 7) is 2.97. The fraction of sp³-hybridized carbons (Fsp3) is 0.615. The number of hydrogen-bond acceptors (Lipinski definition) is 3. The molecule has 1 N–H and O–H groups in total. The molecule has 0 saturated carbocycles. The summed E-state index contributed by atoms with van der Waals surface area (Å²) in [4.78, 5) is 6.20. The maximum atomic E-state index is 13.0. The van der Waals surface area contributed by atoms with Crippen LogP contribution in [-0.2, 0) is 6.54 Å². The summed E-state index contributed by atoms with van der Waals surface area (Å²) in [6.07, 6.45) is 6.59. The second kappa shape index (κ2) is 6.07. The average molecular weight is 237 g/mol. The van der Waals surface area contributed by atoms with Crippen LogP contribution in [0.25, 0.3) is 0 Å². The number of nitrogens with one attached hydrogen (secondary N) is 1. The molecular weight excluding hydrogens is 217 g/mol. The van der Waals surface area contributed by atoms with Crippen molar-refractivity contribution in [2.24, 2.45) is 0 Å². The third-order valence-corrected chi connectivity index (χ3v) is 3.36. The van der Waals surface area contributed by atoms with Crippen LogP contribution in [0.15, 0.2) is 18.5 Å². The zero-order valence-corrected chi connectivity index (χ0v) is 10.3. The van der Waals surface area contributed by atoms with Crippen LogP contribution < -0.4 is 5.32 Å². The second-order valence-corrected chi connectivity index (χ2v) is 4.76. The molecular formula is C13H20FN3. The molecule has 1 aromatic heterocycles. The van der Waals surface area contributed by atoms with Crippen LogP contribution in [0.5, 0.6) is 0 Å². The van der Waals surface area contributed by atoms with E-state index >= 15 is 0 Å². The van der Waals surface area contributed by atoms with Gasteiger partial charge in [0.2, 0.25) is 0 Å². The third kappa shape index (κ3) is 3.75. The minimum absolute atomic E-state index is 0.251. The van der Waals surface area contributed by atoms with Crippen molar-refractivity contribution in [3.63, 3.8) is 0 Å². The zero-order valence-electron chi connectivity index (χ0n) is 10.3. The highest BCUT2D eigenvalue weighted by molar-refractivity contribution is 5.10. The lowest BCUT2D eigenvalue weighted by Gasteiger charge is -2.26. The molecule has 1 saturated heterocycles. The molecule has 4 heteroatoms. The van der Waals surface area contributed by atoms with E-state index in [1.54, 1.807) is 12.3 Å². The van der Waals surface area contributed by atoms with E-state index in [0.29, 0.717) is 6.04 Å². The normalized spacial score (nSPS) is 21.5. The highest BCUT2D eigenvalue weighted by atomic mass is 19.1. The molecule has 1 fully saturated rings. The second-order valence-electron chi connectivity index (χ2n) is 4.76. The Hall–Kier alpha value is -1.00. The van der Waals surface area contributed by atoms with E-state index in [-0.39, 0.29) is 5.82 Å². The Kier molecular flexibility index (Phi) is 4.45. The van der Waals surface area contributed by atoms with Gasteiger partial charge in [-0.3, -0.25) is 9.88 Å². The predicted octanol–water partition coefficient (Wildman–Crippen LogP) is 1.79. The fourth-order valence-electron chi connectivity index (χ4n) is 2.40. The van der Waals surface area contributed by atoms with Gasteiger partial charge in [0.25, 0.3) is 0 Å². The maximum absolute atomic E-state index is 13.0. The van der Waals surface area contributed by atoms with Crippen LogP contribution in [0.2, 0.25) is 0 Å². The number of halogens is 1. The number of pyridine rings is 1. The van der Waals surface area contributed by atoms with Crippen LogP contribution in [0, 0.1) is 5.82 Å². The van der Waals surface area contributed by atoms with Crippen LogP contribution in [0.1, 0.15) is 24.8 Å². The SMILES string of the molecule is CN(Cc1cncc(F)c1)C1CCCNCC1. The quantitative estimate of drug-likeness (QED) is 0.869. The number of aromatic nitrogens is 1. The molecule has 0 aromatic carbocycles. The molecule has 0 amide bonds. The van der Waals surface area contributed by atoms with Crippen LogP contribution in [0.4, 0.5) is 4.39 Å². The van der Waals surface area contributed by atoms with Crippen LogP contribution >= 0.6 is 0 Å². The molecule has 94 valence electrons. The van der Waals surface area contributed by atoms with Crippen LogP contribution in [-0.4, -0.2) is 36.1 Å². The van der Waals surface area contributed by atoms with E-state index in [0.717, 1.165) is 25.2 Å². The topological polar surface area (TPSA) is 28.2 Å². The third-order valence-electron chi connectivity index (χ3n) is 3.36. The molecule has 1 aliphatic heterocycles. The molecule has 0 aliphatic carbocycles. The Labute approximate surface area is 102 Å². The van der Waals surface area contributed by atoms with Crippen molar-refractivity contribution in [2.45, 2.75) is 31.8 Å². The van der Waals surface area contributed by atoms with Gasteiger partial charge in [0.15, 0.2) is 0 Å². The largest absolute Gasteiger partial charge is 0.317 e.